The Morgan fingerprint density at radius 1 is 1.26 bits per heavy atom. The number of halogens is 1. The van der Waals surface area contributed by atoms with Crippen LogP contribution in [0.2, 0.25) is 5.02 Å². The smallest absolute Gasteiger partial charge is 0.409 e. The van der Waals surface area contributed by atoms with E-state index < -0.39 is 47.6 Å². The van der Waals surface area contributed by atoms with Crippen LogP contribution in [0, 0.1) is 17.3 Å². The van der Waals surface area contributed by atoms with Gasteiger partial charge in [0, 0.05) is 39.5 Å². The molecule has 3 amide bonds. The molecule has 1 aromatic carbocycles. The van der Waals surface area contributed by atoms with Gasteiger partial charge in [-0.05, 0) is 62.0 Å². The van der Waals surface area contributed by atoms with Gasteiger partial charge in [0.25, 0.3) is 0 Å². The van der Waals surface area contributed by atoms with Gasteiger partial charge in [0.2, 0.25) is 11.8 Å². The fraction of sp³-hybridized carbons (Fsp3) is 0.611. The van der Waals surface area contributed by atoms with Crippen LogP contribution >= 0.6 is 24.2 Å². The quantitative estimate of drug-likeness (QED) is 0.268. The lowest BCUT2D eigenvalue weighted by atomic mass is 9.83. The molecule has 276 valence electrons. The van der Waals surface area contributed by atoms with Crippen molar-refractivity contribution in [2.24, 2.45) is 17.3 Å². The number of nitrogens with one attached hydrogen (secondary N) is 1. The molecule has 1 saturated carbocycles. The van der Waals surface area contributed by atoms with E-state index in [0.29, 0.717) is 30.0 Å². The number of fused-ring (bicyclic) bond motifs is 5. The third-order valence-corrected chi connectivity index (χ3v) is 11.2. The van der Waals surface area contributed by atoms with E-state index in [2.05, 4.69) is 17.9 Å². The molecule has 0 spiro atoms. The van der Waals surface area contributed by atoms with E-state index in [1.165, 1.54) is 31.1 Å². The Bertz CT molecular complexity index is 1540. The first kappa shape index (κ1) is 39.5. The second-order valence-corrected chi connectivity index (χ2v) is 14.8. The molecule has 50 heavy (non-hydrogen) atoms. The second kappa shape index (κ2) is 16.0. The Balaban J connectivity index is 1.78. The van der Waals surface area contributed by atoms with Crippen LogP contribution in [0.25, 0.3) is 0 Å². The molecule has 2 aliphatic heterocycles. The van der Waals surface area contributed by atoms with Crippen molar-refractivity contribution in [2.75, 3.05) is 39.0 Å². The van der Waals surface area contributed by atoms with E-state index in [0.717, 1.165) is 11.1 Å². The van der Waals surface area contributed by atoms with Crippen LogP contribution < -0.4 is 15.0 Å². The number of methoxy groups -OCH3 is 2. The fourth-order valence-electron chi connectivity index (χ4n) is 7.05. The van der Waals surface area contributed by atoms with Gasteiger partial charge in [-0.1, -0.05) is 49.2 Å². The summed E-state index contributed by atoms with van der Waals surface area (Å²) in [7, 11) is 6.10. The van der Waals surface area contributed by atoms with Crippen molar-refractivity contribution in [2.45, 2.75) is 89.9 Å². The predicted octanol–water partition coefficient (Wildman–Crippen LogP) is 4.70. The van der Waals surface area contributed by atoms with E-state index in [4.69, 9.17) is 30.5 Å². The summed E-state index contributed by atoms with van der Waals surface area (Å²) in [5, 5.41) is 14.5. The number of nitrogens with zero attached hydrogens (tertiary/aromatic N) is 2. The van der Waals surface area contributed by atoms with E-state index in [1.54, 1.807) is 32.2 Å². The number of carbonyl (C=O) groups is 4. The number of amides is 3. The lowest BCUT2D eigenvalue weighted by Gasteiger charge is -2.42. The number of likely N-dealkylation sites (N-methyl/N-ethyl adjacent to an activating group) is 1. The van der Waals surface area contributed by atoms with Gasteiger partial charge in [0.05, 0.1) is 19.2 Å². The number of ether oxygens (including phenoxy) is 4. The summed E-state index contributed by atoms with van der Waals surface area (Å²) in [5.74, 6) is -1.00. The summed E-state index contributed by atoms with van der Waals surface area (Å²) in [6.07, 6.45) is 3.06. The molecule has 2 N–H and O–H groups in total. The number of aliphatic hydroxyl groups is 1. The van der Waals surface area contributed by atoms with Gasteiger partial charge in [-0.3, -0.25) is 14.9 Å². The van der Waals surface area contributed by atoms with Gasteiger partial charge in [0.15, 0.2) is 5.72 Å². The highest BCUT2D eigenvalue weighted by molar-refractivity contribution is 7.80. The lowest BCUT2D eigenvalue weighted by molar-refractivity contribution is -0.163. The van der Waals surface area contributed by atoms with Gasteiger partial charge >= 0.3 is 12.1 Å². The van der Waals surface area contributed by atoms with Crippen LogP contribution in [0.5, 0.6) is 5.75 Å². The molecule has 1 aliphatic carbocycles. The first-order valence-corrected chi connectivity index (χ1v) is 17.8. The summed E-state index contributed by atoms with van der Waals surface area (Å²) in [4.78, 5) is 55.9. The zero-order chi connectivity index (χ0) is 37.1. The van der Waals surface area contributed by atoms with Crippen molar-refractivity contribution in [3.63, 3.8) is 0 Å². The molecular weight excluding hydrogens is 686 g/mol. The maximum absolute atomic E-state index is 14.1. The maximum atomic E-state index is 14.1. The van der Waals surface area contributed by atoms with Gasteiger partial charge in [-0.15, -0.1) is 0 Å². The number of esters is 1. The molecule has 0 radical (unpaired) electrons. The van der Waals surface area contributed by atoms with Crippen LogP contribution in [0.3, 0.4) is 0 Å². The number of thiol groups is 1. The van der Waals surface area contributed by atoms with E-state index in [1.807, 2.05) is 32.9 Å². The first-order valence-electron chi connectivity index (χ1n) is 16.8. The van der Waals surface area contributed by atoms with E-state index in [9.17, 15) is 24.3 Å². The van der Waals surface area contributed by atoms with Crippen LogP contribution in [0.15, 0.2) is 35.9 Å². The molecule has 8 atom stereocenters. The monoisotopic (exact) mass is 735 g/mol. The minimum Gasteiger partial charge on any atom is -0.495 e. The average Bonchev–Trinajstić information content (AvgIpc) is 3.76. The molecule has 14 heteroatoms. The van der Waals surface area contributed by atoms with Crippen LogP contribution in [-0.2, 0) is 35.0 Å². The molecule has 4 rings (SSSR count). The molecule has 1 saturated heterocycles. The Kier molecular flexibility index (Phi) is 12.6. The minimum absolute atomic E-state index is 0.0311. The first-order chi connectivity index (χ1) is 23.5. The van der Waals surface area contributed by atoms with Crippen molar-refractivity contribution < 1.29 is 43.2 Å². The van der Waals surface area contributed by atoms with Crippen LogP contribution in [0.1, 0.15) is 58.9 Å². The third-order valence-electron chi connectivity index (χ3n) is 10.6. The number of hydrogen-bond donors (Lipinski definition) is 3. The normalized spacial score (nSPS) is 32.3. The Labute approximate surface area is 304 Å². The molecule has 0 aromatic heterocycles. The number of allylic oxidation sites excluding steroid dienone is 3. The molecule has 1 unspecified atom stereocenters. The zero-order valence-electron chi connectivity index (χ0n) is 30.0. The number of anilines is 1. The molecule has 12 nitrogen and oxygen atoms in total. The van der Waals surface area contributed by atoms with Gasteiger partial charge < -0.3 is 33.9 Å². The van der Waals surface area contributed by atoms with Crippen molar-refractivity contribution >= 4 is 53.8 Å². The number of hydrogen-bond acceptors (Lipinski definition) is 10. The summed E-state index contributed by atoms with van der Waals surface area (Å²) in [6, 6.07) is 2.71. The predicted molar refractivity (Wildman–Crippen MR) is 192 cm³/mol. The average molecular weight is 736 g/mol. The largest absolute Gasteiger partial charge is 0.495 e. The Hall–Kier alpha value is -3.26. The highest BCUT2D eigenvalue weighted by atomic mass is 35.5. The molecule has 2 heterocycles. The Morgan fingerprint density at radius 3 is 2.60 bits per heavy atom. The number of carbonyl (C=O) groups excluding carboxylic acids is 4. The second-order valence-electron chi connectivity index (χ2n) is 14.0. The van der Waals surface area contributed by atoms with Gasteiger partial charge in [-0.2, -0.15) is 12.6 Å². The summed E-state index contributed by atoms with van der Waals surface area (Å²) < 4.78 is 23.1. The number of rotatable bonds is 7. The fourth-order valence-corrected chi connectivity index (χ4v) is 7.55. The molecule has 4 bridgehead atoms. The van der Waals surface area contributed by atoms with Gasteiger partial charge in [-0.25, -0.2) is 9.59 Å². The molecule has 3 aliphatic rings. The van der Waals surface area contributed by atoms with Crippen LogP contribution in [0.4, 0.5) is 10.5 Å². The van der Waals surface area contributed by atoms with Crippen molar-refractivity contribution in [1.82, 2.24) is 10.2 Å². The summed E-state index contributed by atoms with van der Waals surface area (Å²) in [6.45, 7) is 7.37. The van der Waals surface area contributed by atoms with E-state index >= 15 is 0 Å². The van der Waals surface area contributed by atoms with Crippen molar-refractivity contribution in [1.29, 1.82) is 0 Å². The van der Waals surface area contributed by atoms with Crippen molar-refractivity contribution in [3.8, 4) is 5.75 Å². The molecular formula is C36H50ClN3O9S. The number of alkyl carbamates (subject to hydrolysis) is 1. The highest BCUT2D eigenvalue weighted by Crippen LogP contribution is 2.61. The number of benzene rings is 1. The molecule has 1 aromatic rings. The molecule has 2 fully saturated rings. The van der Waals surface area contributed by atoms with Crippen molar-refractivity contribution in [3.05, 3.63) is 46.5 Å². The van der Waals surface area contributed by atoms with Crippen LogP contribution in [-0.4, -0.2) is 98.0 Å². The Morgan fingerprint density at radius 2 is 1.96 bits per heavy atom. The summed E-state index contributed by atoms with van der Waals surface area (Å²) >= 11 is 10.9. The minimum atomic E-state index is -1.77. The maximum Gasteiger partial charge on any atom is 0.409 e. The van der Waals surface area contributed by atoms with E-state index in [-0.39, 0.29) is 47.9 Å². The standard InChI is InChI=1S/C36H50ClN3O9S/c1-20-10-9-11-28(47-8)36(45)19-27(48-34(44)38-36)21(2)24-18-35(24,4)29(49-33(43)22(3)39(5)30(41)12-13-50)17-31(42)40(6)25-15-23(14-20)16-26(46-7)32(25)37/h9-11,15-16,21-22,24,27-29,45,50H,12-14,17-19H2,1-8H3,(H,38,44)/b11-9+,20-10+/t21-,22-,24-,27?,28+,29-,35+,36-/m0/s1. The topological polar surface area (TPSA) is 144 Å². The lowest BCUT2D eigenvalue weighted by Crippen LogP contribution is -2.63. The summed E-state index contributed by atoms with van der Waals surface area (Å²) in [5.41, 5.74) is -0.265. The highest BCUT2D eigenvalue weighted by Gasteiger charge is 2.62. The SMILES string of the molecule is COc1cc2cc(c1Cl)N(C)C(=O)C[C@H](OC(=O)[C@H](C)N(C)C(=O)CCS)[C@]1(C)C[C@H]1[C@H](C)C1C[C@@](O)(NC(=O)O1)[C@H](OC)/C=C/C=C(\C)C2. The third kappa shape index (κ3) is 8.43. The zero-order valence-corrected chi connectivity index (χ0v) is 31.7. The van der Waals surface area contributed by atoms with Gasteiger partial charge in [0.1, 0.15) is 35.1 Å².